The third kappa shape index (κ3) is 3.08. The van der Waals surface area contributed by atoms with Gasteiger partial charge in [0.05, 0.1) is 21.8 Å². The standard InChI is InChI=1S/C15H23BrN2O2/c1-4-10-5-6-12(15(19)20)11(7-10)8-13-14(16)9(2)17-18(13)3/h10-12H,4-8H2,1-3H3,(H,19,20). The number of hydrogen-bond acceptors (Lipinski definition) is 2. The number of carboxylic acids is 1. The summed E-state index contributed by atoms with van der Waals surface area (Å²) >= 11 is 3.59. The van der Waals surface area contributed by atoms with Crippen LogP contribution in [0.15, 0.2) is 4.47 Å². The summed E-state index contributed by atoms with van der Waals surface area (Å²) < 4.78 is 2.91. The summed E-state index contributed by atoms with van der Waals surface area (Å²) in [5.41, 5.74) is 2.09. The summed E-state index contributed by atoms with van der Waals surface area (Å²) in [7, 11) is 1.93. The highest BCUT2D eigenvalue weighted by Gasteiger charge is 2.35. The SMILES string of the molecule is CCC1CCC(C(=O)O)C(Cc2c(Br)c(C)nn2C)C1. The van der Waals surface area contributed by atoms with Gasteiger partial charge in [-0.3, -0.25) is 9.48 Å². The van der Waals surface area contributed by atoms with Crippen LogP contribution in [-0.4, -0.2) is 20.9 Å². The molecule has 0 aromatic carbocycles. The number of aliphatic carboxylic acids is 1. The van der Waals surface area contributed by atoms with Crippen LogP contribution >= 0.6 is 15.9 Å². The minimum absolute atomic E-state index is 0.208. The van der Waals surface area contributed by atoms with Crippen molar-refractivity contribution in [1.82, 2.24) is 9.78 Å². The predicted octanol–water partition coefficient (Wildman–Crippen LogP) is 3.56. The fourth-order valence-electron chi connectivity index (χ4n) is 3.43. The molecule has 2 rings (SSSR count). The fourth-order valence-corrected chi connectivity index (χ4v) is 3.93. The average Bonchev–Trinajstić information content (AvgIpc) is 2.65. The van der Waals surface area contributed by atoms with Gasteiger partial charge in [-0.25, -0.2) is 0 Å². The zero-order valence-corrected chi connectivity index (χ0v) is 14.0. The normalized spacial score (nSPS) is 26.7. The molecule has 0 bridgehead atoms. The van der Waals surface area contributed by atoms with Gasteiger partial charge in [-0.05, 0) is 60.4 Å². The smallest absolute Gasteiger partial charge is 0.306 e. The van der Waals surface area contributed by atoms with Crippen molar-refractivity contribution in [2.45, 2.75) is 46.0 Å². The maximum Gasteiger partial charge on any atom is 0.306 e. The Balaban J connectivity index is 2.20. The number of halogens is 1. The molecule has 0 saturated heterocycles. The summed E-state index contributed by atoms with van der Waals surface area (Å²) in [5, 5.41) is 13.9. The van der Waals surface area contributed by atoms with Crippen LogP contribution in [0.25, 0.3) is 0 Å². The molecule has 5 heteroatoms. The molecule has 0 amide bonds. The molecule has 1 aromatic heterocycles. The molecular formula is C15H23BrN2O2. The molecule has 4 nitrogen and oxygen atoms in total. The summed E-state index contributed by atoms with van der Waals surface area (Å²) in [5.74, 6) is 0.0421. The molecule has 0 spiro atoms. The van der Waals surface area contributed by atoms with Crippen molar-refractivity contribution in [2.75, 3.05) is 0 Å². The van der Waals surface area contributed by atoms with Gasteiger partial charge in [-0.15, -0.1) is 0 Å². The Morgan fingerprint density at radius 1 is 1.50 bits per heavy atom. The number of rotatable bonds is 4. The Morgan fingerprint density at radius 3 is 2.70 bits per heavy atom. The maximum atomic E-state index is 11.5. The number of aromatic nitrogens is 2. The van der Waals surface area contributed by atoms with Crippen LogP contribution in [0.4, 0.5) is 0 Å². The number of nitrogens with zero attached hydrogens (tertiary/aromatic N) is 2. The maximum absolute atomic E-state index is 11.5. The van der Waals surface area contributed by atoms with E-state index in [4.69, 9.17) is 0 Å². The molecule has 3 unspecified atom stereocenters. The summed E-state index contributed by atoms with van der Waals surface area (Å²) in [6, 6.07) is 0. The molecule has 20 heavy (non-hydrogen) atoms. The molecule has 1 heterocycles. The monoisotopic (exact) mass is 342 g/mol. The highest BCUT2D eigenvalue weighted by molar-refractivity contribution is 9.10. The van der Waals surface area contributed by atoms with E-state index in [9.17, 15) is 9.90 Å². The van der Waals surface area contributed by atoms with Gasteiger partial charge in [0, 0.05) is 7.05 Å². The zero-order chi connectivity index (χ0) is 14.9. The van der Waals surface area contributed by atoms with Crippen LogP contribution in [-0.2, 0) is 18.3 Å². The lowest BCUT2D eigenvalue weighted by molar-refractivity contribution is -0.145. The largest absolute Gasteiger partial charge is 0.481 e. The first-order valence-electron chi connectivity index (χ1n) is 7.34. The van der Waals surface area contributed by atoms with Gasteiger partial charge in [0.1, 0.15) is 0 Å². The molecular weight excluding hydrogens is 320 g/mol. The van der Waals surface area contributed by atoms with E-state index in [1.807, 2.05) is 18.7 Å². The van der Waals surface area contributed by atoms with Crippen LogP contribution in [0.5, 0.6) is 0 Å². The second-order valence-corrected chi connectivity index (χ2v) is 6.76. The minimum atomic E-state index is -0.639. The van der Waals surface area contributed by atoms with E-state index in [0.29, 0.717) is 5.92 Å². The van der Waals surface area contributed by atoms with Crippen molar-refractivity contribution >= 4 is 21.9 Å². The topological polar surface area (TPSA) is 55.1 Å². The van der Waals surface area contributed by atoms with Crippen LogP contribution in [0, 0.1) is 24.7 Å². The summed E-state index contributed by atoms with van der Waals surface area (Å²) in [6.07, 6.45) is 4.83. The minimum Gasteiger partial charge on any atom is -0.481 e. The number of carbonyl (C=O) groups is 1. The first kappa shape index (κ1) is 15.5. The predicted molar refractivity (Wildman–Crippen MR) is 81.6 cm³/mol. The Labute approximate surface area is 128 Å². The molecule has 1 saturated carbocycles. The van der Waals surface area contributed by atoms with Crippen molar-refractivity contribution in [2.24, 2.45) is 24.8 Å². The lowest BCUT2D eigenvalue weighted by atomic mass is 9.71. The second-order valence-electron chi connectivity index (χ2n) is 5.97. The lowest BCUT2D eigenvalue weighted by Crippen LogP contribution is -2.32. The van der Waals surface area contributed by atoms with Gasteiger partial charge in [-0.2, -0.15) is 5.10 Å². The molecule has 1 aromatic rings. The van der Waals surface area contributed by atoms with Crippen LogP contribution in [0.1, 0.15) is 44.0 Å². The van der Waals surface area contributed by atoms with E-state index in [0.717, 1.165) is 48.0 Å². The average molecular weight is 343 g/mol. The van der Waals surface area contributed by atoms with Gasteiger partial charge in [0.2, 0.25) is 0 Å². The van der Waals surface area contributed by atoms with E-state index in [1.54, 1.807) is 0 Å². The number of carboxylic acid groups (broad SMARTS) is 1. The van der Waals surface area contributed by atoms with Gasteiger partial charge < -0.3 is 5.11 Å². The van der Waals surface area contributed by atoms with Gasteiger partial charge >= 0.3 is 5.97 Å². The molecule has 1 fully saturated rings. The summed E-state index contributed by atoms with van der Waals surface area (Å²) in [4.78, 5) is 11.5. The van der Waals surface area contributed by atoms with E-state index < -0.39 is 5.97 Å². The van der Waals surface area contributed by atoms with E-state index in [-0.39, 0.29) is 11.8 Å². The Kier molecular flexibility index (Phi) is 4.89. The Hall–Kier alpha value is -0.840. The van der Waals surface area contributed by atoms with E-state index in [1.165, 1.54) is 0 Å². The van der Waals surface area contributed by atoms with Crippen molar-refractivity contribution in [3.05, 3.63) is 15.9 Å². The van der Waals surface area contributed by atoms with Crippen LogP contribution in [0.2, 0.25) is 0 Å². The van der Waals surface area contributed by atoms with E-state index >= 15 is 0 Å². The van der Waals surface area contributed by atoms with Crippen molar-refractivity contribution in [3.8, 4) is 0 Å². The molecule has 1 aliphatic carbocycles. The summed E-state index contributed by atoms with van der Waals surface area (Å²) in [6.45, 7) is 4.17. The van der Waals surface area contributed by atoms with Gasteiger partial charge in [0.25, 0.3) is 0 Å². The van der Waals surface area contributed by atoms with Gasteiger partial charge in [0.15, 0.2) is 0 Å². The van der Waals surface area contributed by atoms with Crippen molar-refractivity contribution < 1.29 is 9.90 Å². The molecule has 0 radical (unpaired) electrons. The molecule has 0 aliphatic heterocycles. The third-order valence-corrected chi connectivity index (χ3v) is 5.73. The Morgan fingerprint density at radius 2 is 2.20 bits per heavy atom. The molecule has 112 valence electrons. The second kappa shape index (κ2) is 6.29. The van der Waals surface area contributed by atoms with E-state index in [2.05, 4.69) is 28.0 Å². The zero-order valence-electron chi connectivity index (χ0n) is 12.4. The number of aryl methyl sites for hydroxylation is 2. The van der Waals surface area contributed by atoms with Crippen LogP contribution < -0.4 is 0 Å². The first-order valence-corrected chi connectivity index (χ1v) is 8.14. The molecule has 3 atom stereocenters. The van der Waals surface area contributed by atoms with Crippen molar-refractivity contribution in [1.29, 1.82) is 0 Å². The molecule has 1 N–H and O–H groups in total. The highest BCUT2D eigenvalue weighted by Crippen LogP contribution is 2.38. The fraction of sp³-hybridized carbons (Fsp3) is 0.733. The number of hydrogen-bond donors (Lipinski definition) is 1. The lowest BCUT2D eigenvalue weighted by Gasteiger charge is -2.33. The first-order chi connectivity index (χ1) is 9.43. The van der Waals surface area contributed by atoms with Crippen LogP contribution in [0.3, 0.4) is 0 Å². The van der Waals surface area contributed by atoms with Gasteiger partial charge in [-0.1, -0.05) is 13.3 Å². The quantitative estimate of drug-likeness (QED) is 0.909. The highest BCUT2D eigenvalue weighted by atomic mass is 79.9. The van der Waals surface area contributed by atoms with Crippen molar-refractivity contribution in [3.63, 3.8) is 0 Å². The molecule has 1 aliphatic rings. The third-order valence-electron chi connectivity index (χ3n) is 4.70. The Bertz CT molecular complexity index is 498.